The second-order valence-electron chi connectivity index (χ2n) is 7.88. The van der Waals surface area contributed by atoms with E-state index in [1.807, 2.05) is 47.0 Å². The Hall–Kier alpha value is -3.45. The minimum absolute atomic E-state index is 0.0731. The topological polar surface area (TPSA) is 72.7 Å². The molecule has 0 aliphatic heterocycles. The van der Waals surface area contributed by atoms with Gasteiger partial charge in [-0.2, -0.15) is 0 Å². The second-order valence-corrected chi connectivity index (χ2v) is 8.82. The monoisotopic (exact) mass is 457 g/mol. The molecule has 0 aliphatic rings. The quantitative estimate of drug-likeness (QED) is 0.330. The number of rotatable bonds is 9. The van der Waals surface area contributed by atoms with Gasteiger partial charge in [-0.05, 0) is 47.7 Å². The smallest absolute Gasteiger partial charge is 0.234 e. The van der Waals surface area contributed by atoms with Crippen molar-refractivity contribution < 1.29 is 4.79 Å². The molecular weight excluding hydrogens is 430 g/mol. The molecule has 33 heavy (non-hydrogen) atoms. The molecule has 0 fully saturated rings. The second kappa shape index (κ2) is 10.9. The van der Waals surface area contributed by atoms with Crippen molar-refractivity contribution in [3.8, 4) is 11.4 Å². The molecule has 0 saturated heterocycles. The minimum atomic E-state index is -0.0731. The lowest BCUT2D eigenvalue weighted by molar-refractivity contribution is -0.113. The lowest BCUT2D eigenvalue weighted by Crippen LogP contribution is -2.15. The Kier molecular flexibility index (Phi) is 7.52. The van der Waals surface area contributed by atoms with Crippen LogP contribution in [0.25, 0.3) is 11.4 Å². The maximum Gasteiger partial charge on any atom is 0.234 e. The van der Waals surface area contributed by atoms with Crippen molar-refractivity contribution in [2.45, 2.75) is 37.9 Å². The number of thioether (sulfide) groups is 1. The number of nitrogens with zero attached hydrogens (tertiary/aromatic N) is 4. The van der Waals surface area contributed by atoms with E-state index >= 15 is 0 Å². The van der Waals surface area contributed by atoms with E-state index in [1.165, 1.54) is 17.3 Å². The van der Waals surface area contributed by atoms with Gasteiger partial charge in [-0.3, -0.25) is 14.3 Å². The summed E-state index contributed by atoms with van der Waals surface area (Å²) in [5, 5.41) is 12.5. The molecule has 4 rings (SSSR count). The molecule has 168 valence electrons. The van der Waals surface area contributed by atoms with E-state index in [4.69, 9.17) is 0 Å². The molecule has 2 aromatic carbocycles. The van der Waals surface area contributed by atoms with Gasteiger partial charge in [0.25, 0.3) is 0 Å². The third-order valence-corrected chi connectivity index (χ3v) is 6.51. The van der Waals surface area contributed by atoms with E-state index < -0.39 is 0 Å². The van der Waals surface area contributed by atoms with Gasteiger partial charge in [0.05, 0.1) is 12.3 Å². The van der Waals surface area contributed by atoms with Gasteiger partial charge in [-0.25, -0.2) is 0 Å². The van der Waals surface area contributed by atoms with Crippen LogP contribution in [0.2, 0.25) is 0 Å². The molecule has 0 saturated carbocycles. The Labute approximate surface area is 198 Å². The van der Waals surface area contributed by atoms with E-state index in [9.17, 15) is 4.79 Å². The molecule has 1 amide bonds. The molecule has 4 aromatic rings. The van der Waals surface area contributed by atoms with Crippen molar-refractivity contribution in [1.82, 2.24) is 19.7 Å². The predicted molar refractivity (Wildman–Crippen MR) is 133 cm³/mol. The molecule has 0 radical (unpaired) electrons. The molecule has 2 aromatic heterocycles. The van der Waals surface area contributed by atoms with Crippen molar-refractivity contribution in [3.63, 3.8) is 0 Å². The Bertz CT molecular complexity index is 1180. The lowest BCUT2D eigenvalue weighted by Gasteiger charge is -2.11. The third kappa shape index (κ3) is 5.87. The molecule has 6 nitrogen and oxygen atoms in total. The van der Waals surface area contributed by atoms with Gasteiger partial charge in [0.15, 0.2) is 11.0 Å². The van der Waals surface area contributed by atoms with Gasteiger partial charge in [-0.15, -0.1) is 10.2 Å². The highest BCUT2D eigenvalue weighted by Gasteiger charge is 2.16. The van der Waals surface area contributed by atoms with Crippen molar-refractivity contribution >= 4 is 23.4 Å². The van der Waals surface area contributed by atoms with Crippen LogP contribution in [0.4, 0.5) is 5.69 Å². The van der Waals surface area contributed by atoms with Crippen LogP contribution in [-0.4, -0.2) is 31.4 Å². The van der Waals surface area contributed by atoms with Crippen molar-refractivity contribution in [1.29, 1.82) is 0 Å². The van der Waals surface area contributed by atoms with Crippen LogP contribution in [0.3, 0.4) is 0 Å². The third-order valence-electron chi connectivity index (χ3n) is 5.55. The fraction of sp³-hybridized carbons (Fsp3) is 0.231. The van der Waals surface area contributed by atoms with Gasteiger partial charge < -0.3 is 5.32 Å². The van der Waals surface area contributed by atoms with Gasteiger partial charge in [-0.1, -0.05) is 68.1 Å². The summed E-state index contributed by atoms with van der Waals surface area (Å²) in [6.07, 6.45) is 4.57. The van der Waals surface area contributed by atoms with Crippen LogP contribution in [0, 0.1) is 0 Å². The standard InChI is InChI=1S/C26H27N5OS/c1-3-19(2)21-9-11-23(12-10-21)28-24(32)18-33-26-30-29-25(22-13-15-27-16-14-22)31(26)17-20-7-5-4-6-8-20/h4-16,19H,3,17-18H2,1-2H3,(H,28,32). The van der Waals surface area contributed by atoms with Crippen LogP contribution in [0.5, 0.6) is 0 Å². The van der Waals surface area contributed by atoms with Crippen LogP contribution in [0.1, 0.15) is 37.3 Å². The van der Waals surface area contributed by atoms with Crippen molar-refractivity contribution in [2.24, 2.45) is 0 Å². The van der Waals surface area contributed by atoms with Crippen LogP contribution in [0.15, 0.2) is 84.3 Å². The maximum absolute atomic E-state index is 12.6. The highest BCUT2D eigenvalue weighted by atomic mass is 32.2. The Morgan fingerprint density at radius 3 is 2.42 bits per heavy atom. The van der Waals surface area contributed by atoms with Gasteiger partial charge in [0.2, 0.25) is 5.91 Å². The van der Waals surface area contributed by atoms with Gasteiger partial charge >= 0.3 is 0 Å². The van der Waals surface area contributed by atoms with Crippen molar-refractivity contribution in [2.75, 3.05) is 11.1 Å². The molecule has 0 aliphatic carbocycles. The van der Waals surface area contributed by atoms with E-state index in [0.29, 0.717) is 17.6 Å². The lowest BCUT2D eigenvalue weighted by atomic mass is 9.99. The highest BCUT2D eigenvalue weighted by molar-refractivity contribution is 7.99. The summed E-state index contributed by atoms with van der Waals surface area (Å²) in [6.45, 7) is 5.00. The molecule has 2 heterocycles. The van der Waals surface area contributed by atoms with Crippen LogP contribution >= 0.6 is 11.8 Å². The van der Waals surface area contributed by atoms with Gasteiger partial charge in [0, 0.05) is 23.6 Å². The first-order valence-electron chi connectivity index (χ1n) is 11.0. The zero-order valence-corrected chi connectivity index (χ0v) is 19.6. The minimum Gasteiger partial charge on any atom is -0.325 e. The SMILES string of the molecule is CCC(C)c1ccc(NC(=O)CSc2nnc(-c3ccncc3)n2Cc2ccccc2)cc1. The maximum atomic E-state index is 12.6. The largest absolute Gasteiger partial charge is 0.325 e. The number of benzene rings is 2. The number of hydrogen-bond acceptors (Lipinski definition) is 5. The summed E-state index contributed by atoms with van der Waals surface area (Å²) in [6, 6.07) is 22.1. The molecule has 1 N–H and O–H groups in total. The Balaban J connectivity index is 1.47. The molecule has 0 spiro atoms. The van der Waals surface area contributed by atoms with E-state index in [-0.39, 0.29) is 11.7 Å². The molecule has 7 heteroatoms. The average molecular weight is 458 g/mol. The first kappa shape index (κ1) is 22.7. The van der Waals surface area contributed by atoms with E-state index in [2.05, 4.69) is 58.6 Å². The average Bonchev–Trinajstić information content (AvgIpc) is 3.26. The number of pyridine rings is 1. The fourth-order valence-electron chi connectivity index (χ4n) is 3.48. The molecule has 0 bridgehead atoms. The van der Waals surface area contributed by atoms with Crippen LogP contribution < -0.4 is 5.32 Å². The molecule has 1 atom stereocenters. The number of hydrogen-bond donors (Lipinski definition) is 1. The summed E-state index contributed by atoms with van der Waals surface area (Å²) in [7, 11) is 0. The zero-order valence-electron chi connectivity index (χ0n) is 18.8. The first-order chi connectivity index (χ1) is 16.1. The predicted octanol–water partition coefficient (Wildman–Crippen LogP) is 5.63. The van der Waals surface area contributed by atoms with Crippen LogP contribution in [-0.2, 0) is 11.3 Å². The highest BCUT2D eigenvalue weighted by Crippen LogP contribution is 2.25. The van der Waals surface area contributed by atoms with E-state index in [1.54, 1.807) is 12.4 Å². The number of amides is 1. The van der Waals surface area contributed by atoms with Gasteiger partial charge in [0.1, 0.15) is 0 Å². The number of carbonyl (C=O) groups is 1. The normalized spacial score (nSPS) is 11.8. The number of carbonyl (C=O) groups excluding carboxylic acids is 1. The molecular formula is C26H27N5OS. The summed E-state index contributed by atoms with van der Waals surface area (Å²) in [5.74, 6) is 1.44. The Morgan fingerprint density at radius 1 is 1.00 bits per heavy atom. The first-order valence-corrected chi connectivity index (χ1v) is 12.0. The number of nitrogens with one attached hydrogen (secondary N) is 1. The fourth-order valence-corrected chi connectivity index (χ4v) is 4.21. The summed E-state index contributed by atoms with van der Waals surface area (Å²) in [4.78, 5) is 16.7. The zero-order chi connectivity index (χ0) is 23.0. The Morgan fingerprint density at radius 2 is 1.73 bits per heavy atom. The van der Waals surface area contributed by atoms with Crippen molar-refractivity contribution in [3.05, 3.63) is 90.3 Å². The van der Waals surface area contributed by atoms with E-state index in [0.717, 1.165) is 29.1 Å². The summed E-state index contributed by atoms with van der Waals surface area (Å²) in [5.41, 5.74) is 4.16. The number of anilines is 1. The number of aromatic nitrogens is 4. The summed E-state index contributed by atoms with van der Waals surface area (Å²) < 4.78 is 2.05. The molecule has 1 unspecified atom stereocenters. The summed E-state index contributed by atoms with van der Waals surface area (Å²) >= 11 is 1.38.